The van der Waals surface area contributed by atoms with Crippen molar-refractivity contribution < 1.29 is 14.3 Å². The second-order valence-electron chi connectivity index (χ2n) is 4.87. The van der Waals surface area contributed by atoms with Gasteiger partial charge < -0.3 is 9.47 Å². The Morgan fingerprint density at radius 3 is 2.72 bits per heavy atom. The molecule has 0 saturated heterocycles. The van der Waals surface area contributed by atoms with Crippen molar-refractivity contribution in [2.24, 2.45) is 0 Å². The third-order valence-corrected chi connectivity index (χ3v) is 4.53. The highest BCUT2D eigenvalue weighted by atomic mass is 127. The van der Waals surface area contributed by atoms with E-state index in [-0.39, 0.29) is 12.2 Å². The summed E-state index contributed by atoms with van der Waals surface area (Å²) in [6, 6.07) is 5.94. The minimum absolute atomic E-state index is 0.244. The van der Waals surface area contributed by atoms with E-state index in [0.717, 1.165) is 40.8 Å². The molecule has 0 amide bonds. The lowest BCUT2D eigenvalue weighted by Crippen LogP contribution is -2.42. The molecule has 0 N–H and O–H groups in total. The Hall–Kier alpha value is -0.780. The highest BCUT2D eigenvalue weighted by Crippen LogP contribution is 2.47. The topological polar surface area (TPSA) is 35.5 Å². The minimum atomic E-state index is -0.244. The molecule has 0 aromatic heterocycles. The molecule has 96 valence electrons. The van der Waals surface area contributed by atoms with Crippen molar-refractivity contribution in [1.29, 1.82) is 0 Å². The zero-order valence-electron chi connectivity index (χ0n) is 10.1. The van der Waals surface area contributed by atoms with Crippen LogP contribution in [0.3, 0.4) is 0 Å². The maximum absolute atomic E-state index is 12.4. The quantitative estimate of drug-likeness (QED) is 0.613. The number of hydrogen-bond acceptors (Lipinski definition) is 3. The van der Waals surface area contributed by atoms with Gasteiger partial charge in [-0.25, -0.2) is 0 Å². The monoisotopic (exact) mass is 358 g/mol. The Kier molecular flexibility index (Phi) is 3.21. The Labute approximate surface area is 120 Å². The first-order chi connectivity index (χ1) is 8.76. The molecule has 3 rings (SSSR count). The van der Waals surface area contributed by atoms with Gasteiger partial charge in [-0.1, -0.05) is 35.1 Å². The Balaban J connectivity index is 1.94. The maximum atomic E-state index is 12.4. The lowest BCUT2D eigenvalue weighted by molar-refractivity contribution is -0.127. The standard InChI is InChI=1S/C14H15IO3/c15-7-4-13(16)14(5-1-6-14)10-2-3-11-12(8-10)18-9-17-11/h2-3,8H,1,4-7,9H2. The van der Waals surface area contributed by atoms with Gasteiger partial charge in [-0.05, 0) is 30.5 Å². The second-order valence-corrected chi connectivity index (χ2v) is 5.94. The highest BCUT2D eigenvalue weighted by Gasteiger charge is 2.45. The van der Waals surface area contributed by atoms with E-state index in [4.69, 9.17) is 9.47 Å². The van der Waals surface area contributed by atoms with Crippen LogP contribution in [0.4, 0.5) is 0 Å². The van der Waals surface area contributed by atoms with E-state index in [1.54, 1.807) is 0 Å². The zero-order valence-corrected chi connectivity index (χ0v) is 12.2. The van der Waals surface area contributed by atoms with Gasteiger partial charge in [0.1, 0.15) is 5.78 Å². The molecule has 1 aliphatic carbocycles. The summed E-state index contributed by atoms with van der Waals surface area (Å²) in [7, 11) is 0. The summed E-state index contributed by atoms with van der Waals surface area (Å²) >= 11 is 2.27. The summed E-state index contributed by atoms with van der Waals surface area (Å²) in [5, 5.41) is 0. The fourth-order valence-electron chi connectivity index (χ4n) is 2.78. The number of benzene rings is 1. The van der Waals surface area contributed by atoms with Crippen LogP contribution in [0.15, 0.2) is 18.2 Å². The highest BCUT2D eigenvalue weighted by molar-refractivity contribution is 14.1. The molecule has 2 aliphatic rings. The van der Waals surface area contributed by atoms with Crippen LogP contribution in [0, 0.1) is 0 Å². The molecule has 1 heterocycles. The second kappa shape index (κ2) is 4.72. The van der Waals surface area contributed by atoms with Crippen molar-refractivity contribution in [2.45, 2.75) is 31.1 Å². The Morgan fingerprint density at radius 1 is 1.28 bits per heavy atom. The van der Waals surface area contributed by atoms with Crippen LogP contribution < -0.4 is 9.47 Å². The van der Waals surface area contributed by atoms with Gasteiger partial charge in [-0.3, -0.25) is 4.79 Å². The first kappa shape index (κ1) is 12.3. The van der Waals surface area contributed by atoms with E-state index in [1.807, 2.05) is 18.2 Å². The van der Waals surface area contributed by atoms with E-state index in [1.165, 1.54) is 0 Å². The van der Waals surface area contributed by atoms with Gasteiger partial charge in [0.2, 0.25) is 6.79 Å². The van der Waals surface area contributed by atoms with Gasteiger partial charge in [0.15, 0.2) is 11.5 Å². The van der Waals surface area contributed by atoms with Crippen LogP contribution >= 0.6 is 22.6 Å². The smallest absolute Gasteiger partial charge is 0.231 e. The third kappa shape index (κ3) is 1.81. The van der Waals surface area contributed by atoms with E-state index < -0.39 is 0 Å². The molecule has 0 unspecified atom stereocenters. The Morgan fingerprint density at radius 2 is 2.06 bits per heavy atom. The zero-order chi connectivity index (χ0) is 12.6. The number of ether oxygens (including phenoxy) is 2. The lowest BCUT2D eigenvalue weighted by atomic mass is 9.61. The first-order valence-corrected chi connectivity index (χ1v) is 7.78. The van der Waals surface area contributed by atoms with E-state index >= 15 is 0 Å². The van der Waals surface area contributed by atoms with E-state index in [0.29, 0.717) is 12.2 Å². The van der Waals surface area contributed by atoms with Gasteiger partial charge in [-0.15, -0.1) is 0 Å². The predicted molar refractivity (Wildman–Crippen MR) is 76.6 cm³/mol. The number of halogens is 1. The van der Waals surface area contributed by atoms with E-state index in [2.05, 4.69) is 22.6 Å². The van der Waals surface area contributed by atoms with Crippen molar-refractivity contribution in [3.63, 3.8) is 0 Å². The summed E-state index contributed by atoms with van der Waals surface area (Å²) in [4.78, 5) is 12.4. The summed E-state index contributed by atoms with van der Waals surface area (Å²) < 4.78 is 11.6. The van der Waals surface area contributed by atoms with Gasteiger partial charge in [-0.2, -0.15) is 0 Å². The molecule has 18 heavy (non-hydrogen) atoms. The molecule has 0 bridgehead atoms. The molecule has 1 saturated carbocycles. The van der Waals surface area contributed by atoms with Gasteiger partial charge >= 0.3 is 0 Å². The number of Topliss-reactive ketones (excluding diaryl/α,β-unsaturated/α-hetero) is 1. The number of rotatable bonds is 4. The van der Waals surface area contributed by atoms with Crippen LogP contribution in [0.2, 0.25) is 0 Å². The van der Waals surface area contributed by atoms with Crippen molar-refractivity contribution in [2.75, 3.05) is 11.2 Å². The largest absolute Gasteiger partial charge is 0.454 e. The van der Waals surface area contributed by atoms with Crippen LogP contribution in [0.25, 0.3) is 0 Å². The summed E-state index contributed by atoms with van der Waals surface area (Å²) in [5.74, 6) is 1.94. The number of carbonyl (C=O) groups is 1. The molecule has 1 aromatic carbocycles. The summed E-state index contributed by atoms with van der Waals surface area (Å²) in [6.07, 6.45) is 3.75. The molecule has 0 atom stereocenters. The molecule has 0 radical (unpaired) electrons. The molecule has 0 spiro atoms. The molecule has 3 nitrogen and oxygen atoms in total. The molecule has 1 fully saturated rings. The molecular weight excluding hydrogens is 343 g/mol. The van der Waals surface area contributed by atoms with Gasteiger partial charge in [0.05, 0.1) is 5.41 Å². The molecule has 1 aliphatic heterocycles. The van der Waals surface area contributed by atoms with Crippen molar-refractivity contribution in [1.82, 2.24) is 0 Å². The number of fused-ring (bicyclic) bond motifs is 1. The van der Waals surface area contributed by atoms with Crippen molar-refractivity contribution in [3.05, 3.63) is 23.8 Å². The number of alkyl halides is 1. The first-order valence-electron chi connectivity index (χ1n) is 6.26. The SMILES string of the molecule is O=C(CCI)C1(c2ccc3c(c2)OCO3)CCC1. The van der Waals surface area contributed by atoms with Crippen LogP contribution in [-0.2, 0) is 10.2 Å². The number of hydrogen-bond donors (Lipinski definition) is 0. The average molecular weight is 358 g/mol. The summed E-state index contributed by atoms with van der Waals surface area (Å²) in [6.45, 7) is 0.285. The number of carbonyl (C=O) groups excluding carboxylic acids is 1. The van der Waals surface area contributed by atoms with Crippen LogP contribution in [0.1, 0.15) is 31.2 Å². The van der Waals surface area contributed by atoms with Crippen LogP contribution in [-0.4, -0.2) is 17.0 Å². The lowest BCUT2D eigenvalue weighted by Gasteiger charge is -2.41. The third-order valence-electron chi connectivity index (χ3n) is 3.99. The van der Waals surface area contributed by atoms with Crippen LogP contribution in [0.5, 0.6) is 11.5 Å². The Bertz CT molecular complexity index is 480. The van der Waals surface area contributed by atoms with Crippen molar-refractivity contribution in [3.8, 4) is 11.5 Å². The molecule has 4 heteroatoms. The predicted octanol–water partition coefficient (Wildman–Crippen LogP) is 3.23. The fourth-order valence-corrected chi connectivity index (χ4v) is 3.27. The van der Waals surface area contributed by atoms with E-state index in [9.17, 15) is 4.79 Å². The molecule has 1 aromatic rings. The van der Waals surface area contributed by atoms with Gasteiger partial charge in [0, 0.05) is 10.8 Å². The number of ketones is 1. The van der Waals surface area contributed by atoms with Crippen molar-refractivity contribution >= 4 is 28.4 Å². The fraction of sp³-hybridized carbons (Fsp3) is 0.500. The minimum Gasteiger partial charge on any atom is -0.454 e. The summed E-state index contributed by atoms with van der Waals surface area (Å²) in [5.41, 5.74) is 0.861. The maximum Gasteiger partial charge on any atom is 0.231 e. The normalized spacial score (nSPS) is 19.4. The molecular formula is C14H15IO3. The average Bonchev–Trinajstić information content (AvgIpc) is 2.75. The van der Waals surface area contributed by atoms with Gasteiger partial charge in [0.25, 0.3) is 0 Å².